The molecule has 144 valence electrons. The molecule has 27 heavy (non-hydrogen) atoms. The maximum Gasteiger partial charge on any atom is 0.321 e. The van der Waals surface area contributed by atoms with Crippen molar-refractivity contribution in [3.05, 3.63) is 47.5 Å². The van der Waals surface area contributed by atoms with Crippen LogP contribution in [0.15, 0.2) is 30.6 Å². The average Bonchev–Trinajstić information content (AvgIpc) is 3.33. The van der Waals surface area contributed by atoms with Crippen molar-refractivity contribution in [1.29, 1.82) is 0 Å². The van der Waals surface area contributed by atoms with E-state index in [0.29, 0.717) is 6.54 Å². The summed E-state index contributed by atoms with van der Waals surface area (Å²) in [5.41, 5.74) is 4.36. The highest BCUT2D eigenvalue weighted by Crippen LogP contribution is 2.40. The second-order valence-corrected chi connectivity index (χ2v) is 7.84. The Labute approximate surface area is 161 Å². The molecule has 3 heterocycles. The van der Waals surface area contributed by atoms with Crippen LogP contribution in [0.25, 0.3) is 0 Å². The second-order valence-electron chi connectivity index (χ2n) is 7.84. The summed E-state index contributed by atoms with van der Waals surface area (Å²) in [6.07, 6.45) is 7.19. The number of likely N-dealkylation sites (tertiary alicyclic amines) is 1. The fourth-order valence-electron chi connectivity index (χ4n) is 4.40. The lowest BCUT2D eigenvalue weighted by Crippen LogP contribution is -2.51. The molecule has 0 bridgehead atoms. The number of nitrogens with one attached hydrogen (secondary N) is 2. The number of urea groups is 1. The molecule has 1 aromatic heterocycles. The van der Waals surface area contributed by atoms with Crippen LogP contribution in [0, 0.1) is 0 Å². The van der Waals surface area contributed by atoms with E-state index in [2.05, 4.69) is 46.3 Å². The molecule has 2 amide bonds. The lowest BCUT2D eigenvalue weighted by Gasteiger charge is -2.41. The fourth-order valence-corrected chi connectivity index (χ4v) is 4.40. The molecule has 6 nitrogen and oxygen atoms in total. The first kappa shape index (κ1) is 18.0. The molecule has 1 aromatic carbocycles. The average molecular weight is 367 g/mol. The first-order valence-corrected chi connectivity index (χ1v) is 10.0. The molecule has 1 atom stereocenters. The SMILES string of the molecule is CCCCc1ccc(NC(=O)N2CCC3(C2)c2nc[nH]c2CCN3C)cc1. The van der Waals surface area contributed by atoms with Gasteiger partial charge in [0.05, 0.1) is 17.6 Å². The summed E-state index contributed by atoms with van der Waals surface area (Å²) < 4.78 is 0. The van der Waals surface area contributed by atoms with Gasteiger partial charge >= 0.3 is 6.03 Å². The van der Waals surface area contributed by atoms with E-state index in [1.807, 2.05) is 17.0 Å². The van der Waals surface area contributed by atoms with E-state index >= 15 is 0 Å². The van der Waals surface area contributed by atoms with Crippen molar-refractivity contribution < 1.29 is 4.79 Å². The maximum atomic E-state index is 12.8. The number of aromatic nitrogens is 2. The van der Waals surface area contributed by atoms with Crippen LogP contribution >= 0.6 is 0 Å². The van der Waals surface area contributed by atoms with Crippen molar-refractivity contribution >= 4 is 11.7 Å². The zero-order valence-corrected chi connectivity index (χ0v) is 16.3. The minimum absolute atomic E-state index is 0.0238. The molecule has 1 unspecified atom stereocenters. The predicted molar refractivity (Wildman–Crippen MR) is 107 cm³/mol. The van der Waals surface area contributed by atoms with Crippen molar-refractivity contribution in [3.8, 4) is 0 Å². The Hall–Kier alpha value is -2.34. The summed E-state index contributed by atoms with van der Waals surface area (Å²) in [5, 5.41) is 3.06. The van der Waals surface area contributed by atoms with Crippen molar-refractivity contribution in [2.24, 2.45) is 0 Å². The molecule has 0 saturated carbocycles. The standard InChI is InChI=1S/C21H29N5O/c1-3-4-5-16-6-8-17(9-7-16)24-20(27)26-13-11-21(14-26)19-18(22-15-23-19)10-12-25(21)2/h6-9,15H,3-5,10-14H2,1-2H3,(H,22,23)(H,24,27). The van der Waals surface area contributed by atoms with E-state index in [9.17, 15) is 4.79 Å². The number of anilines is 1. The van der Waals surface area contributed by atoms with Crippen LogP contribution < -0.4 is 5.32 Å². The van der Waals surface area contributed by atoms with Gasteiger partial charge in [-0.1, -0.05) is 25.5 Å². The quantitative estimate of drug-likeness (QED) is 0.871. The number of nitrogens with zero attached hydrogens (tertiary/aromatic N) is 3. The normalized spacial score (nSPS) is 22.2. The predicted octanol–water partition coefficient (Wildman–Crippen LogP) is 3.37. The molecule has 1 spiro atoms. The number of carbonyl (C=O) groups excluding carboxylic acids is 1. The summed E-state index contributed by atoms with van der Waals surface area (Å²) in [6, 6.07) is 8.22. The molecule has 2 aromatic rings. The molecule has 6 heteroatoms. The van der Waals surface area contributed by atoms with Gasteiger partial charge in [-0.15, -0.1) is 0 Å². The summed E-state index contributed by atoms with van der Waals surface area (Å²) in [4.78, 5) is 25.0. The smallest absolute Gasteiger partial charge is 0.321 e. The van der Waals surface area contributed by atoms with E-state index < -0.39 is 0 Å². The van der Waals surface area contributed by atoms with Crippen LogP contribution in [0.5, 0.6) is 0 Å². The van der Waals surface area contributed by atoms with Crippen molar-refractivity contribution in [2.45, 2.75) is 44.6 Å². The van der Waals surface area contributed by atoms with E-state index in [4.69, 9.17) is 0 Å². The Bertz CT molecular complexity index is 799. The number of imidazole rings is 1. The Morgan fingerprint density at radius 2 is 2.11 bits per heavy atom. The van der Waals surface area contributed by atoms with E-state index in [1.54, 1.807) is 6.33 Å². The van der Waals surface area contributed by atoms with Crippen molar-refractivity contribution in [1.82, 2.24) is 19.8 Å². The van der Waals surface area contributed by atoms with Crippen LogP contribution in [0.1, 0.15) is 43.1 Å². The summed E-state index contributed by atoms with van der Waals surface area (Å²) >= 11 is 0. The number of rotatable bonds is 4. The molecule has 2 aliphatic rings. The number of likely N-dealkylation sites (N-methyl/N-ethyl adjacent to an activating group) is 1. The Balaban J connectivity index is 1.43. The van der Waals surface area contributed by atoms with Crippen molar-refractivity contribution in [3.63, 3.8) is 0 Å². The second kappa shape index (κ2) is 7.35. The number of hydrogen-bond donors (Lipinski definition) is 2. The fraction of sp³-hybridized carbons (Fsp3) is 0.524. The number of hydrogen-bond acceptors (Lipinski definition) is 3. The van der Waals surface area contributed by atoms with Gasteiger partial charge in [0.2, 0.25) is 0 Å². The lowest BCUT2D eigenvalue weighted by atomic mass is 9.87. The highest BCUT2D eigenvalue weighted by molar-refractivity contribution is 5.89. The number of benzene rings is 1. The third-order valence-electron chi connectivity index (χ3n) is 6.15. The molecule has 4 rings (SSSR count). The Morgan fingerprint density at radius 1 is 1.30 bits per heavy atom. The molecule has 2 aliphatic heterocycles. The van der Waals surface area contributed by atoms with Crippen LogP contribution in [0.4, 0.5) is 10.5 Å². The van der Waals surface area contributed by atoms with Crippen LogP contribution in [-0.2, 0) is 18.4 Å². The molecular formula is C21H29N5O. The largest absolute Gasteiger partial charge is 0.348 e. The first-order chi connectivity index (χ1) is 13.1. The number of aromatic amines is 1. The Morgan fingerprint density at radius 3 is 2.89 bits per heavy atom. The van der Waals surface area contributed by atoms with Gasteiger partial charge < -0.3 is 15.2 Å². The van der Waals surface area contributed by atoms with Gasteiger partial charge in [-0.25, -0.2) is 9.78 Å². The van der Waals surface area contributed by atoms with E-state index in [-0.39, 0.29) is 11.6 Å². The van der Waals surface area contributed by atoms with Gasteiger partial charge in [0.1, 0.15) is 0 Å². The van der Waals surface area contributed by atoms with Crippen LogP contribution in [-0.4, -0.2) is 52.5 Å². The summed E-state index contributed by atoms with van der Waals surface area (Å²) in [5.74, 6) is 0. The van der Waals surface area contributed by atoms with Gasteiger partial charge in [-0.05, 0) is 44.0 Å². The zero-order chi connectivity index (χ0) is 18.9. The number of unbranched alkanes of at least 4 members (excludes halogenated alkanes) is 1. The minimum Gasteiger partial charge on any atom is -0.348 e. The first-order valence-electron chi connectivity index (χ1n) is 10.0. The third-order valence-corrected chi connectivity index (χ3v) is 6.15. The summed E-state index contributed by atoms with van der Waals surface area (Å²) in [6.45, 7) is 4.62. The highest BCUT2D eigenvalue weighted by atomic mass is 16.2. The third kappa shape index (κ3) is 3.34. The summed E-state index contributed by atoms with van der Waals surface area (Å²) in [7, 11) is 2.15. The number of fused-ring (bicyclic) bond motifs is 2. The molecule has 1 fully saturated rings. The Kier molecular flexibility index (Phi) is 4.91. The highest BCUT2D eigenvalue weighted by Gasteiger charge is 2.48. The maximum absolute atomic E-state index is 12.8. The monoisotopic (exact) mass is 367 g/mol. The molecule has 2 N–H and O–H groups in total. The van der Waals surface area contributed by atoms with Gasteiger partial charge in [0.25, 0.3) is 0 Å². The van der Waals surface area contributed by atoms with Gasteiger partial charge in [0, 0.05) is 37.4 Å². The zero-order valence-electron chi connectivity index (χ0n) is 16.3. The van der Waals surface area contributed by atoms with Gasteiger partial charge in [-0.2, -0.15) is 0 Å². The molecule has 1 saturated heterocycles. The van der Waals surface area contributed by atoms with Gasteiger partial charge in [0.15, 0.2) is 0 Å². The minimum atomic E-state index is -0.158. The molecular weight excluding hydrogens is 338 g/mol. The number of H-pyrrole nitrogens is 1. The lowest BCUT2D eigenvalue weighted by molar-refractivity contribution is 0.109. The number of amides is 2. The van der Waals surface area contributed by atoms with Crippen molar-refractivity contribution in [2.75, 3.05) is 32.0 Å². The molecule has 0 radical (unpaired) electrons. The van der Waals surface area contributed by atoms with Gasteiger partial charge in [-0.3, -0.25) is 4.90 Å². The topological polar surface area (TPSA) is 64.3 Å². The van der Waals surface area contributed by atoms with E-state index in [1.165, 1.54) is 24.1 Å². The van der Waals surface area contributed by atoms with Crippen LogP contribution in [0.3, 0.4) is 0 Å². The number of aryl methyl sites for hydroxylation is 1. The van der Waals surface area contributed by atoms with Crippen LogP contribution in [0.2, 0.25) is 0 Å². The molecule has 0 aliphatic carbocycles. The van der Waals surface area contributed by atoms with E-state index in [0.717, 1.165) is 43.7 Å². The number of carbonyl (C=O) groups is 1.